The predicted molar refractivity (Wildman–Crippen MR) is 73.7 cm³/mol. The number of thiophene rings is 1. The van der Waals surface area contributed by atoms with Crippen molar-refractivity contribution in [2.75, 3.05) is 0 Å². The lowest BCUT2D eigenvalue weighted by Crippen LogP contribution is -2.07. The summed E-state index contributed by atoms with van der Waals surface area (Å²) in [6.07, 6.45) is 0.239. The second kappa shape index (κ2) is 6.47. The molecule has 0 radical (unpaired) electrons. The molecule has 0 saturated heterocycles. The highest BCUT2D eigenvalue weighted by Crippen LogP contribution is 2.17. The number of rotatable bonds is 6. The number of aryl methyl sites for hydroxylation is 2. The zero-order chi connectivity index (χ0) is 14.5. The number of nitrogens with zero attached hydrogens (tertiary/aromatic N) is 1. The quantitative estimate of drug-likeness (QED) is 0.604. The minimum Gasteiger partial charge on any atom is -0.459 e. The van der Waals surface area contributed by atoms with E-state index >= 15 is 0 Å². The normalized spacial score (nSPS) is 10.5. The lowest BCUT2D eigenvalue weighted by molar-refractivity contribution is -0.145. The highest BCUT2D eigenvalue weighted by atomic mass is 32.1. The maximum Gasteiger partial charge on any atom is 0.306 e. The first-order valence-corrected chi connectivity index (χ1v) is 7.03. The van der Waals surface area contributed by atoms with Gasteiger partial charge in [0, 0.05) is 17.4 Å². The van der Waals surface area contributed by atoms with Gasteiger partial charge >= 0.3 is 5.97 Å². The van der Waals surface area contributed by atoms with Gasteiger partial charge < -0.3 is 9.26 Å². The fraction of sp³-hybridized carbons (Fsp3) is 0.357. The Hall–Kier alpha value is -1.95. The van der Waals surface area contributed by atoms with E-state index in [2.05, 4.69) is 5.16 Å². The number of ether oxygens (including phenoxy) is 1. The van der Waals surface area contributed by atoms with Crippen molar-refractivity contribution < 1.29 is 18.8 Å². The van der Waals surface area contributed by atoms with Crippen LogP contribution in [0.5, 0.6) is 0 Å². The average Bonchev–Trinajstić information content (AvgIpc) is 3.02. The molecule has 106 valence electrons. The second-order valence-corrected chi connectivity index (χ2v) is 5.71. The third-order valence-corrected chi connectivity index (χ3v) is 3.67. The van der Waals surface area contributed by atoms with Crippen molar-refractivity contribution >= 4 is 23.1 Å². The lowest BCUT2D eigenvalue weighted by Gasteiger charge is -2.01. The average molecular weight is 293 g/mol. The van der Waals surface area contributed by atoms with Crippen LogP contribution in [0.3, 0.4) is 0 Å². The van der Waals surface area contributed by atoms with Crippen molar-refractivity contribution in [3.8, 4) is 0 Å². The summed E-state index contributed by atoms with van der Waals surface area (Å²) in [6.45, 7) is 3.78. The van der Waals surface area contributed by atoms with Gasteiger partial charge in [-0.3, -0.25) is 9.59 Å². The van der Waals surface area contributed by atoms with Gasteiger partial charge in [0.2, 0.25) is 0 Å². The van der Waals surface area contributed by atoms with Crippen LogP contribution in [-0.4, -0.2) is 16.9 Å². The van der Waals surface area contributed by atoms with Crippen LogP contribution < -0.4 is 0 Å². The van der Waals surface area contributed by atoms with E-state index < -0.39 is 5.97 Å². The zero-order valence-corrected chi connectivity index (χ0v) is 12.2. The smallest absolute Gasteiger partial charge is 0.306 e. The minimum absolute atomic E-state index is 0.0302. The van der Waals surface area contributed by atoms with Gasteiger partial charge in [0.25, 0.3) is 0 Å². The molecular weight excluding hydrogens is 278 g/mol. The van der Waals surface area contributed by atoms with Crippen LogP contribution in [0.4, 0.5) is 0 Å². The molecule has 0 aliphatic heterocycles. The first-order valence-electron chi connectivity index (χ1n) is 6.22. The van der Waals surface area contributed by atoms with Gasteiger partial charge in [0.05, 0.1) is 11.3 Å². The minimum atomic E-state index is -0.410. The number of carbonyl (C=O) groups excluding carboxylic acids is 2. The molecule has 0 aromatic carbocycles. The second-order valence-electron chi connectivity index (χ2n) is 4.42. The first-order chi connectivity index (χ1) is 9.54. The van der Waals surface area contributed by atoms with Gasteiger partial charge in [-0.15, -0.1) is 11.3 Å². The summed E-state index contributed by atoms with van der Waals surface area (Å²) in [5, 5.41) is 3.72. The van der Waals surface area contributed by atoms with Crippen molar-refractivity contribution in [1.29, 1.82) is 0 Å². The molecule has 0 bridgehead atoms. The van der Waals surface area contributed by atoms with Gasteiger partial charge in [-0.2, -0.15) is 0 Å². The summed E-state index contributed by atoms with van der Waals surface area (Å²) >= 11 is 1.44. The molecule has 20 heavy (non-hydrogen) atoms. The molecule has 2 rings (SSSR count). The Kier molecular flexibility index (Phi) is 4.68. The van der Waals surface area contributed by atoms with E-state index in [1.807, 2.05) is 13.0 Å². The first kappa shape index (κ1) is 14.5. The van der Waals surface area contributed by atoms with Crippen molar-refractivity contribution in [2.45, 2.75) is 33.3 Å². The molecule has 2 heterocycles. The number of aromatic nitrogens is 1. The molecule has 2 aromatic heterocycles. The van der Waals surface area contributed by atoms with E-state index in [1.165, 1.54) is 11.3 Å². The van der Waals surface area contributed by atoms with Gasteiger partial charge in [-0.05, 0) is 26.0 Å². The maximum atomic E-state index is 11.8. The maximum absolute atomic E-state index is 11.8. The molecule has 0 aliphatic carbocycles. The topological polar surface area (TPSA) is 69.4 Å². The molecule has 6 heteroatoms. The standard InChI is InChI=1S/C14H15NO4S/c1-9-7-11(15-19-9)8-18-14(17)6-4-12(16)13-5-3-10(2)20-13/h3,5,7H,4,6,8H2,1-2H3. The molecule has 0 fully saturated rings. The summed E-state index contributed by atoms with van der Waals surface area (Å²) in [4.78, 5) is 25.1. The summed E-state index contributed by atoms with van der Waals surface area (Å²) in [5.41, 5.74) is 0.566. The van der Waals surface area contributed by atoms with E-state index in [4.69, 9.17) is 9.26 Å². The number of hydrogen-bond donors (Lipinski definition) is 0. The van der Waals surface area contributed by atoms with E-state index in [9.17, 15) is 9.59 Å². The van der Waals surface area contributed by atoms with E-state index in [1.54, 1.807) is 19.1 Å². The number of carbonyl (C=O) groups is 2. The van der Waals surface area contributed by atoms with Gasteiger partial charge in [0.15, 0.2) is 5.78 Å². The Labute approximate surface area is 120 Å². The van der Waals surface area contributed by atoms with E-state index in [0.29, 0.717) is 16.3 Å². The molecule has 0 N–H and O–H groups in total. The van der Waals surface area contributed by atoms with Crippen LogP contribution in [0.2, 0.25) is 0 Å². The fourth-order valence-electron chi connectivity index (χ4n) is 1.64. The molecule has 0 saturated carbocycles. The highest BCUT2D eigenvalue weighted by molar-refractivity contribution is 7.14. The van der Waals surface area contributed by atoms with Crippen molar-refractivity contribution in [3.05, 3.63) is 39.4 Å². The van der Waals surface area contributed by atoms with E-state index in [0.717, 1.165) is 4.88 Å². The lowest BCUT2D eigenvalue weighted by atomic mass is 10.2. The Bertz CT molecular complexity index is 614. The van der Waals surface area contributed by atoms with Crippen LogP contribution >= 0.6 is 11.3 Å². The summed E-state index contributed by atoms with van der Waals surface area (Å²) in [6, 6.07) is 5.38. The third-order valence-electron chi connectivity index (χ3n) is 2.63. The number of hydrogen-bond acceptors (Lipinski definition) is 6. The SMILES string of the molecule is Cc1cc(COC(=O)CCC(=O)c2ccc(C)s2)no1. The van der Waals surface area contributed by atoms with Crippen LogP contribution in [0, 0.1) is 13.8 Å². The molecule has 0 atom stereocenters. The summed E-state index contributed by atoms with van der Waals surface area (Å²) < 4.78 is 9.88. The Balaban J connectivity index is 1.73. The molecule has 0 amide bonds. The largest absolute Gasteiger partial charge is 0.459 e. The van der Waals surface area contributed by atoms with Gasteiger partial charge in [-0.25, -0.2) is 0 Å². The zero-order valence-electron chi connectivity index (χ0n) is 11.3. The van der Waals surface area contributed by atoms with Crippen LogP contribution in [0.15, 0.2) is 22.7 Å². The molecular formula is C14H15NO4S. The van der Waals surface area contributed by atoms with E-state index in [-0.39, 0.29) is 25.2 Å². The summed E-state index contributed by atoms with van der Waals surface area (Å²) in [7, 11) is 0. The number of esters is 1. The highest BCUT2D eigenvalue weighted by Gasteiger charge is 2.12. The molecule has 5 nitrogen and oxygen atoms in total. The molecule has 0 unspecified atom stereocenters. The third kappa shape index (κ3) is 4.03. The molecule has 2 aromatic rings. The predicted octanol–water partition coefficient (Wildman–Crippen LogP) is 3.06. The Morgan fingerprint density at radius 3 is 2.70 bits per heavy atom. The van der Waals surface area contributed by atoms with Crippen molar-refractivity contribution in [2.24, 2.45) is 0 Å². The van der Waals surface area contributed by atoms with Crippen molar-refractivity contribution in [1.82, 2.24) is 5.16 Å². The van der Waals surface area contributed by atoms with Crippen LogP contribution in [0.25, 0.3) is 0 Å². The Morgan fingerprint density at radius 1 is 1.30 bits per heavy atom. The van der Waals surface area contributed by atoms with Gasteiger partial charge in [-0.1, -0.05) is 5.16 Å². The monoisotopic (exact) mass is 293 g/mol. The van der Waals surface area contributed by atoms with Crippen LogP contribution in [0.1, 0.15) is 38.8 Å². The molecule has 0 aliphatic rings. The molecule has 0 spiro atoms. The fourth-order valence-corrected chi connectivity index (χ4v) is 2.47. The van der Waals surface area contributed by atoms with Gasteiger partial charge in [0.1, 0.15) is 18.1 Å². The Morgan fingerprint density at radius 2 is 2.10 bits per heavy atom. The number of ketones is 1. The number of Topliss-reactive ketones (excluding diaryl/α,β-unsaturated/α-hetero) is 1. The van der Waals surface area contributed by atoms with Crippen LogP contribution in [-0.2, 0) is 16.1 Å². The summed E-state index contributed by atoms with van der Waals surface area (Å²) in [5.74, 6) is 0.226. The van der Waals surface area contributed by atoms with Crippen molar-refractivity contribution in [3.63, 3.8) is 0 Å².